The Hall–Kier alpha value is 0.150. The molecule has 0 spiro atoms. The second-order valence-electron chi connectivity index (χ2n) is 1.94. The molecular formula is C5H14NO2P. The summed E-state index contributed by atoms with van der Waals surface area (Å²) in [5, 5.41) is 2.79. The summed E-state index contributed by atoms with van der Waals surface area (Å²) in [4.78, 5) is 0. The minimum Gasteiger partial charge on any atom is -0.321 e. The van der Waals surface area contributed by atoms with Gasteiger partial charge >= 0.3 is 0 Å². The van der Waals surface area contributed by atoms with Crippen LogP contribution in [0.15, 0.2) is 0 Å². The fourth-order valence-corrected chi connectivity index (χ4v) is 1.14. The highest BCUT2D eigenvalue weighted by Crippen LogP contribution is 2.35. The summed E-state index contributed by atoms with van der Waals surface area (Å²) in [5.74, 6) is 0. The standard InChI is InChI=1S/C5H14NO2P/c1-4-5-6-9(3,7)8-2/h4-5H2,1-3H3,(H,6,7). The lowest BCUT2D eigenvalue weighted by atomic mass is 10.5. The Labute approximate surface area is 56.3 Å². The molecule has 1 atom stereocenters. The maximum absolute atomic E-state index is 11.0. The smallest absolute Gasteiger partial charge is 0.266 e. The molecule has 1 unspecified atom stereocenters. The van der Waals surface area contributed by atoms with Crippen LogP contribution >= 0.6 is 7.52 Å². The maximum atomic E-state index is 11.0. The van der Waals surface area contributed by atoms with E-state index in [-0.39, 0.29) is 0 Å². The quantitative estimate of drug-likeness (QED) is 0.618. The number of hydrogen-bond donors (Lipinski definition) is 1. The van der Waals surface area contributed by atoms with Gasteiger partial charge in [0.2, 0.25) is 0 Å². The van der Waals surface area contributed by atoms with E-state index >= 15 is 0 Å². The van der Waals surface area contributed by atoms with E-state index in [1.165, 1.54) is 7.11 Å². The van der Waals surface area contributed by atoms with E-state index < -0.39 is 7.52 Å². The lowest BCUT2D eigenvalue weighted by molar-refractivity contribution is 0.387. The van der Waals surface area contributed by atoms with Gasteiger partial charge < -0.3 is 4.52 Å². The molecule has 0 aromatic carbocycles. The van der Waals surface area contributed by atoms with Crippen LogP contribution in [-0.4, -0.2) is 20.3 Å². The summed E-state index contributed by atoms with van der Waals surface area (Å²) in [6.07, 6.45) is 0.973. The van der Waals surface area contributed by atoms with Crippen LogP contribution in [0.2, 0.25) is 0 Å². The fraction of sp³-hybridized carbons (Fsp3) is 1.00. The molecule has 0 aromatic rings. The minimum atomic E-state index is -2.44. The van der Waals surface area contributed by atoms with Gasteiger partial charge in [0.05, 0.1) is 0 Å². The average Bonchev–Trinajstić information content (AvgIpc) is 1.84. The molecule has 56 valence electrons. The van der Waals surface area contributed by atoms with Crippen LogP contribution in [0.25, 0.3) is 0 Å². The van der Waals surface area contributed by atoms with Gasteiger partial charge in [-0.15, -0.1) is 0 Å². The van der Waals surface area contributed by atoms with Gasteiger partial charge in [-0.3, -0.25) is 4.57 Å². The Kier molecular flexibility index (Phi) is 4.11. The van der Waals surface area contributed by atoms with E-state index in [1.54, 1.807) is 6.66 Å². The molecule has 9 heavy (non-hydrogen) atoms. The molecule has 0 rings (SSSR count). The molecule has 3 nitrogen and oxygen atoms in total. The fourth-order valence-electron chi connectivity index (χ4n) is 0.379. The maximum Gasteiger partial charge on any atom is 0.266 e. The van der Waals surface area contributed by atoms with Crippen molar-refractivity contribution in [3.8, 4) is 0 Å². The lowest BCUT2D eigenvalue weighted by Gasteiger charge is -2.10. The van der Waals surface area contributed by atoms with Gasteiger partial charge in [0, 0.05) is 20.3 Å². The summed E-state index contributed by atoms with van der Waals surface area (Å²) < 4.78 is 15.7. The molecule has 0 aromatic heterocycles. The van der Waals surface area contributed by atoms with E-state index in [2.05, 4.69) is 9.61 Å². The third-order valence-corrected chi connectivity index (χ3v) is 2.49. The SMILES string of the molecule is CCCNP(C)(=O)OC. The lowest BCUT2D eigenvalue weighted by Crippen LogP contribution is -2.10. The molecule has 0 fully saturated rings. The van der Waals surface area contributed by atoms with Crippen molar-refractivity contribution in [1.29, 1.82) is 0 Å². The van der Waals surface area contributed by atoms with Crippen molar-refractivity contribution >= 4 is 7.52 Å². The zero-order valence-electron chi connectivity index (χ0n) is 6.18. The van der Waals surface area contributed by atoms with Crippen LogP contribution in [0.4, 0.5) is 0 Å². The van der Waals surface area contributed by atoms with Gasteiger partial charge in [-0.25, -0.2) is 5.09 Å². The predicted molar refractivity (Wildman–Crippen MR) is 38.8 cm³/mol. The Morgan fingerprint density at radius 2 is 2.22 bits per heavy atom. The van der Waals surface area contributed by atoms with Gasteiger partial charge in [-0.2, -0.15) is 0 Å². The topological polar surface area (TPSA) is 38.3 Å². The van der Waals surface area contributed by atoms with E-state index in [9.17, 15) is 4.57 Å². The van der Waals surface area contributed by atoms with Crippen LogP contribution in [0.1, 0.15) is 13.3 Å². The van der Waals surface area contributed by atoms with Gasteiger partial charge in [-0.05, 0) is 6.42 Å². The van der Waals surface area contributed by atoms with Crippen LogP contribution in [0.5, 0.6) is 0 Å². The van der Waals surface area contributed by atoms with Gasteiger partial charge in [0.15, 0.2) is 0 Å². The average molecular weight is 151 g/mol. The Balaban J connectivity index is 3.46. The first-order valence-corrected chi connectivity index (χ1v) is 5.08. The highest BCUT2D eigenvalue weighted by molar-refractivity contribution is 7.55. The van der Waals surface area contributed by atoms with Crippen LogP contribution in [0, 0.1) is 0 Å². The summed E-state index contributed by atoms with van der Waals surface area (Å²) in [6, 6.07) is 0. The monoisotopic (exact) mass is 151 g/mol. The van der Waals surface area contributed by atoms with Crippen LogP contribution in [-0.2, 0) is 9.09 Å². The van der Waals surface area contributed by atoms with E-state index in [0.29, 0.717) is 0 Å². The number of rotatable bonds is 4. The molecule has 4 heteroatoms. The minimum absolute atomic E-state index is 0.752. The largest absolute Gasteiger partial charge is 0.321 e. The van der Waals surface area contributed by atoms with Crippen molar-refractivity contribution in [3.63, 3.8) is 0 Å². The van der Waals surface area contributed by atoms with Crippen molar-refractivity contribution in [3.05, 3.63) is 0 Å². The zero-order valence-corrected chi connectivity index (χ0v) is 7.07. The van der Waals surface area contributed by atoms with Gasteiger partial charge in [0.25, 0.3) is 7.52 Å². The van der Waals surface area contributed by atoms with Crippen molar-refractivity contribution in [2.75, 3.05) is 20.3 Å². The number of nitrogens with one attached hydrogen (secondary N) is 1. The zero-order chi connectivity index (χ0) is 7.33. The van der Waals surface area contributed by atoms with Crippen molar-refractivity contribution in [2.24, 2.45) is 0 Å². The van der Waals surface area contributed by atoms with E-state index in [0.717, 1.165) is 13.0 Å². The molecule has 0 aliphatic heterocycles. The highest BCUT2D eigenvalue weighted by atomic mass is 31.2. The van der Waals surface area contributed by atoms with E-state index in [4.69, 9.17) is 0 Å². The molecule has 1 N–H and O–H groups in total. The Morgan fingerprint density at radius 1 is 1.67 bits per heavy atom. The summed E-state index contributed by atoms with van der Waals surface area (Å²) >= 11 is 0. The van der Waals surface area contributed by atoms with Crippen LogP contribution < -0.4 is 5.09 Å². The second-order valence-corrected chi connectivity index (χ2v) is 4.31. The molecule has 0 saturated heterocycles. The van der Waals surface area contributed by atoms with Gasteiger partial charge in [-0.1, -0.05) is 6.92 Å². The Morgan fingerprint density at radius 3 is 2.56 bits per heavy atom. The van der Waals surface area contributed by atoms with Crippen molar-refractivity contribution in [2.45, 2.75) is 13.3 Å². The molecule has 0 bridgehead atoms. The molecule has 0 heterocycles. The first-order chi connectivity index (χ1) is 4.12. The second kappa shape index (κ2) is 4.04. The first-order valence-electron chi connectivity index (χ1n) is 3.00. The summed E-state index contributed by atoms with van der Waals surface area (Å²) in [5.41, 5.74) is 0. The molecular weight excluding hydrogens is 137 g/mol. The van der Waals surface area contributed by atoms with Crippen molar-refractivity contribution < 1.29 is 9.09 Å². The summed E-state index contributed by atoms with van der Waals surface area (Å²) in [7, 11) is -0.992. The van der Waals surface area contributed by atoms with Crippen LogP contribution in [0.3, 0.4) is 0 Å². The molecule has 0 amide bonds. The third-order valence-electron chi connectivity index (χ3n) is 0.997. The Bertz CT molecular complexity index is 116. The molecule has 0 aliphatic rings. The van der Waals surface area contributed by atoms with Gasteiger partial charge in [0.1, 0.15) is 0 Å². The predicted octanol–water partition coefficient (Wildman–Crippen LogP) is 1.46. The summed E-state index contributed by atoms with van der Waals surface area (Å²) in [6.45, 7) is 4.34. The normalized spacial score (nSPS) is 17.2. The highest BCUT2D eigenvalue weighted by Gasteiger charge is 2.09. The van der Waals surface area contributed by atoms with E-state index in [1.807, 2.05) is 6.92 Å². The first kappa shape index (κ1) is 9.15. The third kappa shape index (κ3) is 4.64. The molecule has 0 aliphatic carbocycles. The molecule has 0 radical (unpaired) electrons. The molecule has 0 saturated carbocycles. The number of hydrogen-bond acceptors (Lipinski definition) is 2. The van der Waals surface area contributed by atoms with Crippen molar-refractivity contribution in [1.82, 2.24) is 5.09 Å².